The van der Waals surface area contributed by atoms with Crippen LogP contribution in [0.2, 0.25) is 0 Å². The fourth-order valence-electron chi connectivity index (χ4n) is 6.59. The Morgan fingerprint density at radius 2 is 1.76 bits per heavy atom. The highest BCUT2D eigenvalue weighted by atomic mass is 19.4. The largest absolute Gasteiger partial charge is 0.491 e. The van der Waals surface area contributed by atoms with Gasteiger partial charge < -0.3 is 29.3 Å². The smallest absolute Gasteiger partial charge is 0.430 e. The van der Waals surface area contributed by atoms with Crippen molar-refractivity contribution in [1.82, 2.24) is 15.1 Å². The number of piperidine rings is 2. The van der Waals surface area contributed by atoms with Gasteiger partial charge in [0.05, 0.1) is 13.1 Å². The van der Waals surface area contributed by atoms with E-state index >= 15 is 0 Å². The van der Waals surface area contributed by atoms with Crippen LogP contribution >= 0.6 is 0 Å². The molecule has 3 fully saturated rings. The van der Waals surface area contributed by atoms with Crippen LogP contribution in [0, 0.1) is 5.41 Å². The number of benzene rings is 2. The Kier molecular flexibility index (Phi) is 8.47. The van der Waals surface area contributed by atoms with E-state index in [-0.39, 0.29) is 36.1 Å². The molecule has 2 aromatic rings. The number of cyclic esters (lactones) is 1. The molecular formula is C30H36F3N3O5. The number of carbonyl (C=O) groups is 2. The van der Waals surface area contributed by atoms with Crippen molar-refractivity contribution in [2.24, 2.45) is 5.41 Å². The first-order valence-corrected chi connectivity index (χ1v) is 14.0. The van der Waals surface area contributed by atoms with Gasteiger partial charge in [0.1, 0.15) is 19.0 Å². The molecule has 0 saturated carbocycles. The van der Waals surface area contributed by atoms with Crippen molar-refractivity contribution in [1.29, 1.82) is 0 Å². The van der Waals surface area contributed by atoms with E-state index in [4.69, 9.17) is 14.2 Å². The highest BCUT2D eigenvalue weighted by Crippen LogP contribution is 2.51. The molecule has 5 rings (SSSR count). The van der Waals surface area contributed by atoms with Crippen molar-refractivity contribution in [2.75, 3.05) is 59.6 Å². The van der Waals surface area contributed by atoms with Crippen molar-refractivity contribution < 1.29 is 37.0 Å². The molecule has 2 aromatic carbocycles. The molecule has 0 bridgehead atoms. The van der Waals surface area contributed by atoms with Gasteiger partial charge in [0, 0.05) is 38.2 Å². The van der Waals surface area contributed by atoms with Gasteiger partial charge in [0.2, 0.25) is 0 Å². The van der Waals surface area contributed by atoms with Crippen LogP contribution in [-0.2, 0) is 19.9 Å². The molecule has 3 heterocycles. The molecule has 1 spiro atoms. The Balaban J connectivity index is 1.33. The third-order valence-electron chi connectivity index (χ3n) is 8.88. The lowest BCUT2D eigenvalue weighted by atomic mass is 9.62. The maximum Gasteiger partial charge on any atom is 0.430 e. The van der Waals surface area contributed by atoms with E-state index in [1.54, 1.807) is 11.0 Å². The number of hydrogen-bond acceptors (Lipinski definition) is 6. The van der Waals surface area contributed by atoms with Crippen molar-refractivity contribution in [3.8, 4) is 5.75 Å². The van der Waals surface area contributed by atoms with Crippen molar-refractivity contribution >= 4 is 12.0 Å². The molecule has 1 N–H and O–H groups in total. The number of ether oxygens (including phenoxy) is 3. The molecule has 8 nitrogen and oxygen atoms in total. The predicted molar refractivity (Wildman–Crippen MR) is 145 cm³/mol. The van der Waals surface area contributed by atoms with Gasteiger partial charge in [-0.15, -0.1) is 0 Å². The summed E-state index contributed by atoms with van der Waals surface area (Å²) in [5.74, 6) is -0.306. The number of halogens is 3. The summed E-state index contributed by atoms with van der Waals surface area (Å²) in [6.07, 6.45) is -3.32. The number of alkyl halides is 3. The van der Waals surface area contributed by atoms with Crippen LogP contribution in [0.5, 0.6) is 5.75 Å². The number of nitrogens with zero attached hydrogens (tertiary/aromatic N) is 2. The zero-order valence-corrected chi connectivity index (χ0v) is 23.1. The minimum Gasteiger partial charge on any atom is -0.491 e. The number of nitrogens with one attached hydrogen (secondary N) is 1. The molecule has 41 heavy (non-hydrogen) atoms. The SMILES string of the molecule is CO[C@@](C(=O)N1CCC2(CCNCC2c2ccccc2OCCN2CCOC2=O)CC1)(c1ccccc1)C(F)(F)F. The highest BCUT2D eigenvalue weighted by molar-refractivity contribution is 5.88. The van der Waals surface area contributed by atoms with Crippen LogP contribution in [0.3, 0.4) is 0 Å². The summed E-state index contributed by atoms with van der Waals surface area (Å²) in [6.45, 7) is 3.54. The van der Waals surface area contributed by atoms with Gasteiger partial charge in [-0.05, 0) is 42.9 Å². The second kappa shape index (κ2) is 11.9. The minimum atomic E-state index is -4.94. The van der Waals surface area contributed by atoms with Crippen LogP contribution < -0.4 is 10.1 Å². The first-order valence-electron chi connectivity index (χ1n) is 14.0. The molecule has 0 aliphatic carbocycles. The number of likely N-dealkylation sites (tertiary alicyclic amines) is 1. The topological polar surface area (TPSA) is 80.3 Å². The second-order valence-electron chi connectivity index (χ2n) is 10.9. The van der Waals surface area contributed by atoms with Gasteiger partial charge in [-0.3, -0.25) is 4.79 Å². The van der Waals surface area contributed by atoms with Gasteiger partial charge in [-0.2, -0.15) is 13.2 Å². The third kappa shape index (κ3) is 5.49. The third-order valence-corrected chi connectivity index (χ3v) is 8.88. The van der Waals surface area contributed by atoms with Gasteiger partial charge in [0.25, 0.3) is 11.5 Å². The van der Waals surface area contributed by atoms with Crippen molar-refractivity contribution in [3.63, 3.8) is 0 Å². The van der Waals surface area contributed by atoms with Gasteiger partial charge >= 0.3 is 12.3 Å². The summed E-state index contributed by atoms with van der Waals surface area (Å²) >= 11 is 0. The molecule has 2 amide bonds. The quantitative estimate of drug-likeness (QED) is 0.506. The zero-order valence-electron chi connectivity index (χ0n) is 23.1. The van der Waals surface area contributed by atoms with Crippen molar-refractivity contribution in [3.05, 3.63) is 65.7 Å². The Hall–Kier alpha value is -3.31. The summed E-state index contributed by atoms with van der Waals surface area (Å²) in [6, 6.07) is 14.9. The summed E-state index contributed by atoms with van der Waals surface area (Å²) in [4.78, 5) is 28.3. The first-order chi connectivity index (χ1) is 19.7. The van der Waals surface area contributed by atoms with E-state index in [2.05, 4.69) is 5.32 Å². The molecular weight excluding hydrogens is 539 g/mol. The van der Waals surface area contributed by atoms with E-state index in [9.17, 15) is 22.8 Å². The number of hydrogen-bond donors (Lipinski definition) is 1. The van der Waals surface area contributed by atoms with Crippen LogP contribution in [0.4, 0.5) is 18.0 Å². The normalized spacial score (nSPS) is 22.3. The maximum atomic E-state index is 14.5. The Morgan fingerprint density at radius 3 is 2.41 bits per heavy atom. The summed E-state index contributed by atoms with van der Waals surface area (Å²) in [5, 5.41) is 3.47. The average molecular weight is 576 g/mol. The molecule has 1 unspecified atom stereocenters. The fraction of sp³-hybridized carbons (Fsp3) is 0.533. The second-order valence-corrected chi connectivity index (χ2v) is 10.9. The number of methoxy groups -OCH3 is 1. The lowest BCUT2D eigenvalue weighted by Crippen LogP contribution is -2.59. The van der Waals surface area contributed by atoms with E-state index in [1.165, 1.54) is 29.2 Å². The summed E-state index contributed by atoms with van der Waals surface area (Å²) in [7, 11) is 0.941. The fourth-order valence-corrected chi connectivity index (χ4v) is 6.59. The van der Waals surface area contributed by atoms with E-state index in [1.807, 2.05) is 24.3 Å². The lowest BCUT2D eigenvalue weighted by Gasteiger charge is -2.51. The number of rotatable bonds is 8. The Bertz CT molecular complexity index is 1220. The molecule has 3 aliphatic heterocycles. The van der Waals surface area contributed by atoms with Gasteiger partial charge in [-0.25, -0.2) is 4.79 Å². The summed E-state index contributed by atoms with van der Waals surface area (Å²) < 4.78 is 59.8. The number of amides is 2. The molecule has 3 aliphatic rings. The molecule has 0 aromatic heterocycles. The van der Waals surface area contributed by atoms with Gasteiger partial charge in [0.15, 0.2) is 0 Å². The van der Waals surface area contributed by atoms with Gasteiger partial charge in [-0.1, -0.05) is 48.5 Å². The highest BCUT2D eigenvalue weighted by Gasteiger charge is 2.64. The Morgan fingerprint density at radius 1 is 1.05 bits per heavy atom. The molecule has 2 atom stereocenters. The molecule has 222 valence electrons. The molecule has 0 radical (unpaired) electrons. The number of para-hydroxylation sites is 1. The van der Waals surface area contributed by atoms with Crippen LogP contribution in [-0.4, -0.2) is 87.6 Å². The summed E-state index contributed by atoms with van der Waals surface area (Å²) in [5.41, 5.74) is -2.47. The minimum absolute atomic E-state index is 0.0466. The van der Waals surface area contributed by atoms with Crippen LogP contribution in [0.25, 0.3) is 0 Å². The number of carbonyl (C=O) groups excluding carboxylic acids is 2. The van der Waals surface area contributed by atoms with E-state index in [0.29, 0.717) is 45.7 Å². The average Bonchev–Trinajstić information content (AvgIpc) is 3.39. The molecule has 11 heteroatoms. The van der Waals surface area contributed by atoms with Crippen LogP contribution in [0.15, 0.2) is 54.6 Å². The monoisotopic (exact) mass is 575 g/mol. The Labute approximate surface area is 237 Å². The standard InChI is InChI=1S/C30H36F3N3O5/c1-39-29(30(31,32)33,22-7-3-2-4-8-22)26(37)35-15-12-28(13-16-35)11-14-34-21-24(28)23-9-5-6-10-25(23)40-19-17-36-18-20-41-27(36)38/h2-10,24,34H,11-21H2,1H3/t24?,29-/m1/s1. The van der Waals surface area contributed by atoms with E-state index < -0.39 is 17.7 Å². The first kappa shape index (κ1) is 29.2. The zero-order chi connectivity index (χ0) is 29.1. The van der Waals surface area contributed by atoms with Crippen LogP contribution in [0.1, 0.15) is 36.3 Å². The van der Waals surface area contributed by atoms with E-state index in [0.717, 1.165) is 31.4 Å². The lowest BCUT2D eigenvalue weighted by molar-refractivity contribution is -0.271. The predicted octanol–water partition coefficient (Wildman–Crippen LogP) is 4.31. The van der Waals surface area contributed by atoms with Crippen molar-refractivity contribution in [2.45, 2.75) is 37.0 Å². The molecule has 3 saturated heterocycles. The maximum absolute atomic E-state index is 14.5.